The van der Waals surface area contributed by atoms with Gasteiger partial charge >= 0.3 is 0 Å². The maximum absolute atomic E-state index is 9.83. The maximum atomic E-state index is 9.83. The van der Waals surface area contributed by atoms with Crippen LogP contribution < -0.4 is 4.90 Å². The summed E-state index contributed by atoms with van der Waals surface area (Å²) in [7, 11) is 2.03. The van der Waals surface area contributed by atoms with Crippen molar-refractivity contribution in [1.29, 1.82) is 5.26 Å². The van der Waals surface area contributed by atoms with E-state index in [0.29, 0.717) is 11.6 Å². The predicted octanol–water partition coefficient (Wildman–Crippen LogP) is 3.24. The third-order valence-corrected chi connectivity index (χ3v) is 3.48. The molecule has 1 aromatic rings. The number of anilines is 1. The fraction of sp³-hybridized carbons (Fsp3) is 0.533. The average Bonchev–Trinajstić information content (AvgIpc) is 2.39. The molecule has 0 unspecified atom stereocenters. The summed E-state index contributed by atoms with van der Waals surface area (Å²) in [5.41, 5.74) is 2.47. The van der Waals surface area contributed by atoms with Gasteiger partial charge < -0.3 is 10.0 Å². The molecule has 0 saturated heterocycles. The first-order valence-electron chi connectivity index (χ1n) is 6.50. The number of hydrogen-bond acceptors (Lipinski definition) is 3. The highest BCUT2D eigenvalue weighted by Crippen LogP contribution is 2.29. The van der Waals surface area contributed by atoms with Gasteiger partial charge in [-0.05, 0) is 31.9 Å². The fourth-order valence-electron chi connectivity index (χ4n) is 2.31. The lowest BCUT2D eigenvalue weighted by atomic mass is 10.0. The second kappa shape index (κ2) is 6.42. The first kappa shape index (κ1) is 14.5. The van der Waals surface area contributed by atoms with Crippen LogP contribution in [-0.4, -0.2) is 18.2 Å². The van der Waals surface area contributed by atoms with Gasteiger partial charge in [0.15, 0.2) is 0 Å². The van der Waals surface area contributed by atoms with Gasteiger partial charge in [0.1, 0.15) is 0 Å². The lowest BCUT2D eigenvalue weighted by molar-refractivity contribution is 0.199. The van der Waals surface area contributed by atoms with E-state index in [9.17, 15) is 5.11 Å². The van der Waals surface area contributed by atoms with Gasteiger partial charge in [0.05, 0.1) is 17.7 Å². The summed E-state index contributed by atoms with van der Waals surface area (Å²) in [6, 6.07) is 8.04. The summed E-state index contributed by atoms with van der Waals surface area (Å²) < 4.78 is 0. The zero-order valence-corrected chi connectivity index (χ0v) is 11.6. The Balaban J connectivity index is 3.22. The number of aliphatic hydroxyl groups excluding tert-OH is 1. The normalized spacial score (nSPS) is 12.3. The zero-order valence-electron chi connectivity index (χ0n) is 11.6. The third-order valence-electron chi connectivity index (χ3n) is 3.48. The molecule has 0 saturated carbocycles. The van der Waals surface area contributed by atoms with Crippen LogP contribution in [0.1, 0.15) is 50.8 Å². The Labute approximate surface area is 110 Å². The van der Waals surface area contributed by atoms with Gasteiger partial charge in [-0.2, -0.15) is 5.26 Å². The van der Waals surface area contributed by atoms with Crippen molar-refractivity contribution in [3.05, 3.63) is 29.3 Å². The van der Waals surface area contributed by atoms with Gasteiger partial charge in [-0.1, -0.05) is 19.9 Å². The summed E-state index contributed by atoms with van der Waals surface area (Å²) in [6.07, 6.45) is 1.57. The van der Waals surface area contributed by atoms with Crippen molar-refractivity contribution in [2.45, 2.75) is 45.8 Å². The van der Waals surface area contributed by atoms with Crippen molar-refractivity contribution in [3.63, 3.8) is 0 Å². The number of benzene rings is 1. The van der Waals surface area contributed by atoms with Crippen LogP contribution in [0.15, 0.2) is 18.2 Å². The van der Waals surface area contributed by atoms with E-state index in [-0.39, 0.29) is 0 Å². The van der Waals surface area contributed by atoms with Crippen LogP contribution in [0.25, 0.3) is 0 Å². The Bertz CT molecular complexity index is 431. The van der Waals surface area contributed by atoms with E-state index >= 15 is 0 Å². The molecule has 3 heteroatoms. The summed E-state index contributed by atoms with van der Waals surface area (Å²) >= 11 is 0. The Kier molecular flexibility index (Phi) is 5.18. The lowest BCUT2D eigenvalue weighted by Gasteiger charge is -2.31. The van der Waals surface area contributed by atoms with Gasteiger partial charge in [0.2, 0.25) is 0 Å². The number of nitrogens with zero attached hydrogens (tertiary/aromatic N) is 2. The number of aliphatic hydroxyl groups is 1. The van der Waals surface area contributed by atoms with Crippen LogP contribution in [-0.2, 0) is 0 Å². The molecule has 98 valence electrons. The molecule has 0 radical (unpaired) electrons. The molecule has 1 rings (SSSR count). The van der Waals surface area contributed by atoms with Crippen LogP contribution >= 0.6 is 0 Å². The lowest BCUT2D eigenvalue weighted by Crippen LogP contribution is -2.31. The smallest absolute Gasteiger partial charge is 0.0992 e. The van der Waals surface area contributed by atoms with Crippen molar-refractivity contribution in [2.75, 3.05) is 11.9 Å². The van der Waals surface area contributed by atoms with Gasteiger partial charge in [-0.3, -0.25) is 0 Å². The molecule has 3 nitrogen and oxygen atoms in total. The van der Waals surface area contributed by atoms with Gasteiger partial charge in [0.25, 0.3) is 0 Å². The molecular weight excluding hydrogens is 224 g/mol. The molecule has 1 aromatic carbocycles. The quantitative estimate of drug-likeness (QED) is 0.867. The Hall–Kier alpha value is -1.53. The minimum absolute atomic E-state index is 0.427. The highest BCUT2D eigenvalue weighted by molar-refractivity contribution is 5.58. The van der Waals surface area contributed by atoms with Crippen LogP contribution in [0.2, 0.25) is 0 Å². The fourth-order valence-corrected chi connectivity index (χ4v) is 2.31. The SMILES string of the molecule is CCC(CC)N(C)c1cc(C#N)ccc1[C@@H](C)O. The first-order chi connectivity index (χ1) is 8.54. The molecule has 0 bridgehead atoms. The minimum Gasteiger partial charge on any atom is -0.389 e. The Morgan fingerprint density at radius 3 is 2.39 bits per heavy atom. The van der Waals surface area contributed by atoms with Crippen molar-refractivity contribution in [2.24, 2.45) is 0 Å². The van der Waals surface area contributed by atoms with E-state index in [1.54, 1.807) is 13.0 Å². The van der Waals surface area contributed by atoms with Crippen molar-refractivity contribution in [1.82, 2.24) is 0 Å². The summed E-state index contributed by atoms with van der Waals surface area (Å²) in [5.74, 6) is 0. The third kappa shape index (κ3) is 3.02. The molecule has 18 heavy (non-hydrogen) atoms. The van der Waals surface area contributed by atoms with E-state index in [0.717, 1.165) is 24.1 Å². The minimum atomic E-state index is -0.524. The number of nitriles is 1. The van der Waals surface area contributed by atoms with Crippen molar-refractivity contribution >= 4 is 5.69 Å². The van der Waals surface area contributed by atoms with Crippen LogP contribution in [0.4, 0.5) is 5.69 Å². The van der Waals surface area contributed by atoms with Gasteiger partial charge in [-0.15, -0.1) is 0 Å². The summed E-state index contributed by atoms with van der Waals surface area (Å²) in [4.78, 5) is 2.17. The van der Waals surface area contributed by atoms with Gasteiger partial charge in [-0.25, -0.2) is 0 Å². The highest BCUT2D eigenvalue weighted by Gasteiger charge is 2.17. The monoisotopic (exact) mass is 246 g/mol. The predicted molar refractivity (Wildman–Crippen MR) is 74.6 cm³/mol. The summed E-state index contributed by atoms with van der Waals surface area (Å²) in [5, 5.41) is 18.8. The second-order valence-electron chi connectivity index (χ2n) is 4.64. The molecule has 0 aliphatic heterocycles. The first-order valence-corrected chi connectivity index (χ1v) is 6.50. The molecule has 1 N–H and O–H groups in total. The van der Waals surface area contributed by atoms with Crippen LogP contribution in [0, 0.1) is 11.3 Å². The highest BCUT2D eigenvalue weighted by atomic mass is 16.3. The van der Waals surface area contributed by atoms with E-state index in [4.69, 9.17) is 5.26 Å². The van der Waals surface area contributed by atoms with Crippen LogP contribution in [0.5, 0.6) is 0 Å². The average molecular weight is 246 g/mol. The van der Waals surface area contributed by atoms with Crippen LogP contribution in [0.3, 0.4) is 0 Å². The van der Waals surface area contributed by atoms with Crippen molar-refractivity contribution < 1.29 is 5.11 Å². The standard InChI is InChI=1S/C15H22N2O/c1-5-13(6-2)17(4)15-9-12(10-16)7-8-14(15)11(3)18/h7-9,11,13,18H,5-6H2,1-4H3/t11-/m1/s1. The molecule has 1 atom stereocenters. The molecule has 0 aliphatic carbocycles. The van der Waals surface area contributed by atoms with E-state index in [1.165, 1.54) is 0 Å². The molecular formula is C15H22N2O. The van der Waals surface area contributed by atoms with Crippen molar-refractivity contribution in [3.8, 4) is 6.07 Å². The molecule has 0 heterocycles. The van der Waals surface area contributed by atoms with E-state index in [2.05, 4.69) is 24.8 Å². The Morgan fingerprint density at radius 1 is 1.33 bits per heavy atom. The topological polar surface area (TPSA) is 47.3 Å². The largest absolute Gasteiger partial charge is 0.389 e. The maximum Gasteiger partial charge on any atom is 0.0992 e. The molecule has 0 spiro atoms. The number of hydrogen-bond donors (Lipinski definition) is 1. The second-order valence-corrected chi connectivity index (χ2v) is 4.64. The number of rotatable bonds is 5. The molecule has 0 fully saturated rings. The van der Waals surface area contributed by atoms with Gasteiger partial charge in [0, 0.05) is 24.3 Å². The van der Waals surface area contributed by atoms with E-state index < -0.39 is 6.10 Å². The molecule has 0 aliphatic rings. The Morgan fingerprint density at radius 2 is 1.94 bits per heavy atom. The summed E-state index contributed by atoms with van der Waals surface area (Å²) in [6.45, 7) is 6.06. The zero-order chi connectivity index (χ0) is 13.7. The van der Waals surface area contributed by atoms with E-state index in [1.807, 2.05) is 19.2 Å². The molecule has 0 aromatic heterocycles. The molecule has 0 amide bonds.